The Balaban J connectivity index is 1.68. The highest BCUT2D eigenvalue weighted by molar-refractivity contribution is 7.98. The monoisotopic (exact) mass is 367 g/mol. The molecule has 0 saturated carbocycles. The summed E-state index contributed by atoms with van der Waals surface area (Å²) in [5.74, 6) is 0.357. The van der Waals surface area contributed by atoms with Crippen molar-refractivity contribution in [3.63, 3.8) is 0 Å². The molecule has 0 fully saturated rings. The molecule has 0 atom stereocenters. The van der Waals surface area contributed by atoms with Crippen LogP contribution in [-0.2, 0) is 17.0 Å². The van der Waals surface area contributed by atoms with Gasteiger partial charge in [0.2, 0.25) is 0 Å². The number of pyridine rings is 1. The molecule has 0 unspecified atom stereocenters. The van der Waals surface area contributed by atoms with Crippen molar-refractivity contribution in [2.75, 3.05) is 13.7 Å². The Labute approximate surface area is 155 Å². The van der Waals surface area contributed by atoms with Crippen molar-refractivity contribution in [2.24, 2.45) is 0 Å². The lowest BCUT2D eigenvalue weighted by atomic mass is 10.1. The lowest BCUT2D eigenvalue weighted by molar-refractivity contribution is 0.186. The normalized spacial score (nSPS) is 11.5. The van der Waals surface area contributed by atoms with Crippen LogP contribution in [0.25, 0.3) is 21.9 Å². The minimum atomic E-state index is -0.242. The molecule has 4 aromatic rings. The van der Waals surface area contributed by atoms with E-state index in [9.17, 15) is 4.39 Å². The number of halogens is 1. The molecule has 0 aliphatic rings. The van der Waals surface area contributed by atoms with Gasteiger partial charge in [-0.15, -0.1) is 0 Å². The van der Waals surface area contributed by atoms with Gasteiger partial charge in [-0.3, -0.25) is 4.98 Å². The number of imidazole rings is 1. The number of hydrogen-bond acceptors (Lipinski definition) is 4. The van der Waals surface area contributed by atoms with E-state index in [1.165, 1.54) is 6.07 Å². The van der Waals surface area contributed by atoms with Gasteiger partial charge in [-0.1, -0.05) is 30.0 Å². The maximum atomic E-state index is 14.0. The van der Waals surface area contributed by atoms with E-state index in [0.29, 0.717) is 12.4 Å². The van der Waals surface area contributed by atoms with E-state index in [1.54, 1.807) is 31.1 Å². The summed E-state index contributed by atoms with van der Waals surface area (Å²) in [5.41, 5.74) is 3.74. The maximum Gasteiger partial charge on any atom is 0.169 e. The van der Waals surface area contributed by atoms with Crippen molar-refractivity contribution < 1.29 is 9.13 Å². The van der Waals surface area contributed by atoms with Crippen LogP contribution in [0.5, 0.6) is 0 Å². The molecular weight excluding hydrogens is 349 g/mol. The Morgan fingerprint density at radius 1 is 1.15 bits per heavy atom. The fourth-order valence-electron chi connectivity index (χ4n) is 3.04. The van der Waals surface area contributed by atoms with Gasteiger partial charge in [0.25, 0.3) is 0 Å². The average Bonchev–Trinajstić information content (AvgIpc) is 3.01. The van der Waals surface area contributed by atoms with Crippen molar-refractivity contribution >= 4 is 33.7 Å². The van der Waals surface area contributed by atoms with Gasteiger partial charge in [0.1, 0.15) is 5.82 Å². The number of para-hydroxylation sites is 2. The van der Waals surface area contributed by atoms with Crippen molar-refractivity contribution in [2.45, 2.75) is 17.5 Å². The number of rotatable bonds is 6. The quantitative estimate of drug-likeness (QED) is 0.465. The second-order valence-corrected chi connectivity index (χ2v) is 6.90. The second kappa shape index (κ2) is 7.43. The summed E-state index contributed by atoms with van der Waals surface area (Å²) in [5, 5.41) is 1.72. The van der Waals surface area contributed by atoms with Gasteiger partial charge in [0.15, 0.2) is 5.16 Å². The molecule has 0 spiro atoms. The molecule has 0 bridgehead atoms. The van der Waals surface area contributed by atoms with Crippen LogP contribution >= 0.6 is 11.8 Å². The number of benzene rings is 2. The van der Waals surface area contributed by atoms with Crippen LogP contribution in [0.3, 0.4) is 0 Å². The molecule has 2 aromatic heterocycles. The van der Waals surface area contributed by atoms with Crippen LogP contribution in [0, 0.1) is 5.82 Å². The molecule has 4 nitrogen and oxygen atoms in total. The van der Waals surface area contributed by atoms with E-state index in [4.69, 9.17) is 9.72 Å². The third-order valence-electron chi connectivity index (χ3n) is 4.24. The fraction of sp³-hybridized carbons (Fsp3) is 0.200. The zero-order valence-electron chi connectivity index (χ0n) is 14.4. The molecule has 2 heterocycles. The van der Waals surface area contributed by atoms with Crippen molar-refractivity contribution in [1.29, 1.82) is 0 Å². The predicted octanol–water partition coefficient (Wildman–Crippen LogP) is 4.66. The molecule has 4 rings (SSSR count). The number of fused-ring (bicyclic) bond motifs is 2. The number of thioether (sulfide) groups is 1. The highest BCUT2D eigenvalue weighted by Crippen LogP contribution is 2.29. The van der Waals surface area contributed by atoms with E-state index >= 15 is 0 Å². The summed E-state index contributed by atoms with van der Waals surface area (Å²) >= 11 is 1.59. The van der Waals surface area contributed by atoms with E-state index in [2.05, 4.69) is 15.6 Å². The number of nitrogens with zero attached hydrogens (tertiary/aromatic N) is 3. The van der Waals surface area contributed by atoms with E-state index in [1.807, 2.05) is 30.3 Å². The lowest BCUT2D eigenvalue weighted by Crippen LogP contribution is -2.05. The standard InChI is InChI=1S/C20H18FN3OS/c1-25-10-9-24-18-7-3-2-6-17(18)23-20(24)26-13-15-12-16(21)11-14-5-4-8-22-19(14)15/h2-8,11-12H,9-10,13H2,1H3. The number of hydrogen-bond donors (Lipinski definition) is 0. The molecule has 0 aliphatic carbocycles. The van der Waals surface area contributed by atoms with Crippen LogP contribution < -0.4 is 0 Å². The fourth-order valence-corrected chi connectivity index (χ4v) is 4.06. The van der Waals surface area contributed by atoms with Crippen LogP contribution in [0.1, 0.15) is 5.56 Å². The number of ether oxygens (including phenoxy) is 1. The Morgan fingerprint density at radius 2 is 2.04 bits per heavy atom. The molecule has 6 heteroatoms. The first-order valence-corrected chi connectivity index (χ1v) is 9.35. The summed E-state index contributed by atoms with van der Waals surface area (Å²) in [6.45, 7) is 1.33. The first kappa shape index (κ1) is 17.0. The summed E-state index contributed by atoms with van der Waals surface area (Å²) in [4.78, 5) is 9.16. The molecule has 0 saturated heterocycles. The van der Waals surface area contributed by atoms with Crippen molar-refractivity contribution in [1.82, 2.24) is 14.5 Å². The topological polar surface area (TPSA) is 39.9 Å². The third-order valence-corrected chi connectivity index (χ3v) is 5.27. The minimum Gasteiger partial charge on any atom is -0.383 e. The Kier molecular flexibility index (Phi) is 4.86. The highest BCUT2D eigenvalue weighted by atomic mass is 32.2. The molecular formula is C20H18FN3OS. The van der Waals surface area contributed by atoms with Gasteiger partial charge < -0.3 is 9.30 Å². The Bertz CT molecular complexity index is 1060. The van der Waals surface area contributed by atoms with E-state index in [-0.39, 0.29) is 5.82 Å². The van der Waals surface area contributed by atoms with Crippen molar-refractivity contribution in [3.8, 4) is 0 Å². The number of methoxy groups -OCH3 is 1. The zero-order chi connectivity index (χ0) is 17.9. The molecule has 26 heavy (non-hydrogen) atoms. The smallest absolute Gasteiger partial charge is 0.169 e. The zero-order valence-corrected chi connectivity index (χ0v) is 15.2. The van der Waals surface area contributed by atoms with Gasteiger partial charge in [0, 0.05) is 31.0 Å². The van der Waals surface area contributed by atoms with Gasteiger partial charge in [-0.25, -0.2) is 9.37 Å². The molecule has 0 N–H and O–H groups in total. The van der Waals surface area contributed by atoms with Gasteiger partial charge >= 0.3 is 0 Å². The van der Waals surface area contributed by atoms with Gasteiger partial charge in [-0.2, -0.15) is 0 Å². The lowest BCUT2D eigenvalue weighted by Gasteiger charge is -2.09. The second-order valence-electron chi connectivity index (χ2n) is 5.96. The van der Waals surface area contributed by atoms with E-state index < -0.39 is 0 Å². The summed E-state index contributed by atoms with van der Waals surface area (Å²) in [6.07, 6.45) is 1.74. The molecule has 0 aliphatic heterocycles. The number of aromatic nitrogens is 3. The van der Waals surface area contributed by atoms with Crippen LogP contribution in [0.15, 0.2) is 59.9 Å². The first-order valence-electron chi connectivity index (χ1n) is 8.36. The highest BCUT2D eigenvalue weighted by Gasteiger charge is 2.13. The molecule has 132 valence electrons. The molecule has 0 radical (unpaired) electrons. The largest absolute Gasteiger partial charge is 0.383 e. The average molecular weight is 367 g/mol. The maximum absolute atomic E-state index is 14.0. The van der Waals surface area contributed by atoms with Crippen LogP contribution in [0.4, 0.5) is 4.39 Å². The third kappa shape index (κ3) is 3.30. The van der Waals surface area contributed by atoms with Gasteiger partial charge in [-0.05, 0) is 35.9 Å². The molecule has 0 amide bonds. The molecule has 2 aromatic carbocycles. The predicted molar refractivity (Wildman–Crippen MR) is 103 cm³/mol. The summed E-state index contributed by atoms with van der Waals surface area (Å²) in [7, 11) is 1.69. The minimum absolute atomic E-state index is 0.242. The summed E-state index contributed by atoms with van der Waals surface area (Å²) < 4.78 is 21.4. The van der Waals surface area contributed by atoms with Crippen molar-refractivity contribution in [3.05, 3.63) is 66.1 Å². The Morgan fingerprint density at radius 3 is 2.92 bits per heavy atom. The Hall–Kier alpha value is -2.44. The SMILES string of the molecule is COCCn1c(SCc2cc(F)cc3cccnc23)nc2ccccc21. The van der Waals surface area contributed by atoms with E-state index in [0.717, 1.165) is 39.2 Å². The van der Waals surface area contributed by atoms with Crippen LogP contribution in [-0.4, -0.2) is 28.3 Å². The first-order chi connectivity index (χ1) is 12.8. The summed E-state index contributed by atoms with van der Waals surface area (Å²) in [6, 6.07) is 14.8. The van der Waals surface area contributed by atoms with Gasteiger partial charge in [0.05, 0.1) is 23.2 Å². The van der Waals surface area contributed by atoms with Crippen LogP contribution in [0.2, 0.25) is 0 Å².